The molecule has 0 saturated heterocycles. The molecule has 1 aromatic carbocycles. The SMILES string of the molecule is CC(CC(O)c1cccs1)NC1CCCOc2ccccc21. The minimum atomic E-state index is -0.389. The van der Waals surface area contributed by atoms with Gasteiger partial charge in [0.15, 0.2) is 0 Å². The van der Waals surface area contributed by atoms with Crippen LogP contribution in [-0.2, 0) is 0 Å². The Hall–Kier alpha value is -1.36. The Kier molecular flexibility index (Phi) is 5.13. The number of nitrogens with one attached hydrogen (secondary N) is 1. The average molecular weight is 317 g/mol. The van der Waals surface area contributed by atoms with Crippen LogP contribution in [0.4, 0.5) is 0 Å². The Morgan fingerprint density at radius 3 is 3.00 bits per heavy atom. The molecule has 1 aromatic heterocycles. The molecule has 0 saturated carbocycles. The van der Waals surface area contributed by atoms with Crippen molar-refractivity contribution in [3.05, 3.63) is 52.2 Å². The number of aliphatic hydroxyl groups is 1. The molecule has 2 aromatic rings. The minimum absolute atomic E-state index is 0.244. The van der Waals surface area contributed by atoms with Gasteiger partial charge in [0.05, 0.1) is 12.7 Å². The van der Waals surface area contributed by atoms with Crippen molar-refractivity contribution in [2.45, 2.75) is 44.4 Å². The summed E-state index contributed by atoms with van der Waals surface area (Å²) in [5.41, 5.74) is 1.23. The maximum Gasteiger partial charge on any atom is 0.124 e. The van der Waals surface area contributed by atoms with Gasteiger partial charge in [0.25, 0.3) is 0 Å². The fourth-order valence-electron chi connectivity index (χ4n) is 3.04. The van der Waals surface area contributed by atoms with E-state index in [0.29, 0.717) is 6.04 Å². The summed E-state index contributed by atoms with van der Waals surface area (Å²) in [7, 11) is 0. The third-order valence-corrected chi connectivity index (χ3v) is 5.10. The molecule has 0 radical (unpaired) electrons. The van der Waals surface area contributed by atoms with Gasteiger partial charge in [0.2, 0.25) is 0 Å². The third-order valence-electron chi connectivity index (χ3n) is 4.12. The van der Waals surface area contributed by atoms with Gasteiger partial charge in [-0.15, -0.1) is 11.3 Å². The molecule has 0 bridgehead atoms. The fourth-order valence-corrected chi connectivity index (χ4v) is 3.77. The predicted octanol–water partition coefficient (Wildman–Crippen LogP) is 4.06. The van der Waals surface area contributed by atoms with Crippen LogP contribution in [0.5, 0.6) is 5.75 Å². The Bertz CT molecular complexity index is 585. The van der Waals surface area contributed by atoms with Crippen molar-refractivity contribution in [2.75, 3.05) is 6.61 Å². The van der Waals surface area contributed by atoms with Crippen LogP contribution in [0, 0.1) is 0 Å². The van der Waals surface area contributed by atoms with E-state index in [1.54, 1.807) is 11.3 Å². The molecular weight excluding hydrogens is 294 g/mol. The van der Waals surface area contributed by atoms with Crippen molar-refractivity contribution >= 4 is 11.3 Å². The number of thiophene rings is 1. The third kappa shape index (κ3) is 3.69. The average Bonchev–Trinajstić information content (AvgIpc) is 2.98. The molecule has 0 amide bonds. The van der Waals surface area contributed by atoms with Gasteiger partial charge < -0.3 is 15.2 Å². The van der Waals surface area contributed by atoms with Crippen molar-refractivity contribution in [3.8, 4) is 5.75 Å². The van der Waals surface area contributed by atoms with Gasteiger partial charge in [-0.2, -0.15) is 0 Å². The van der Waals surface area contributed by atoms with E-state index in [0.717, 1.165) is 36.5 Å². The first kappa shape index (κ1) is 15.5. The molecule has 3 atom stereocenters. The highest BCUT2D eigenvalue weighted by molar-refractivity contribution is 7.10. The molecule has 2 heterocycles. The monoisotopic (exact) mass is 317 g/mol. The standard InChI is InChI=1S/C18H23NO2S/c1-13(12-16(20)18-9-5-11-22-18)19-15-7-4-10-21-17-8-3-2-6-14(15)17/h2-3,5-6,8-9,11,13,15-16,19-20H,4,7,10,12H2,1H3. The number of hydrogen-bond donors (Lipinski definition) is 2. The molecule has 0 aliphatic carbocycles. The van der Waals surface area contributed by atoms with Crippen LogP contribution < -0.4 is 10.1 Å². The maximum absolute atomic E-state index is 10.3. The smallest absolute Gasteiger partial charge is 0.124 e. The molecule has 22 heavy (non-hydrogen) atoms. The molecule has 1 aliphatic rings. The summed E-state index contributed by atoms with van der Waals surface area (Å²) >= 11 is 1.61. The number of hydrogen-bond acceptors (Lipinski definition) is 4. The lowest BCUT2D eigenvalue weighted by Crippen LogP contribution is -2.31. The highest BCUT2D eigenvalue weighted by atomic mass is 32.1. The highest BCUT2D eigenvalue weighted by Crippen LogP contribution is 2.32. The number of benzene rings is 1. The van der Waals surface area contributed by atoms with E-state index in [4.69, 9.17) is 4.74 Å². The lowest BCUT2D eigenvalue weighted by molar-refractivity contribution is 0.154. The lowest BCUT2D eigenvalue weighted by atomic mass is 10.00. The van der Waals surface area contributed by atoms with Crippen molar-refractivity contribution < 1.29 is 9.84 Å². The quantitative estimate of drug-likeness (QED) is 0.873. The van der Waals surface area contributed by atoms with Crippen molar-refractivity contribution in [3.63, 3.8) is 0 Å². The van der Waals surface area contributed by atoms with E-state index in [9.17, 15) is 5.11 Å². The Morgan fingerprint density at radius 1 is 1.32 bits per heavy atom. The van der Waals surface area contributed by atoms with Crippen molar-refractivity contribution in [1.29, 1.82) is 0 Å². The lowest BCUT2D eigenvalue weighted by Gasteiger charge is -2.24. The number of ether oxygens (including phenoxy) is 1. The second kappa shape index (κ2) is 7.27. The van der Waals surface area contributed by atoms with E-state index < -0.39 is 0 Å². The van der Waals surface area contributed by atoms with E-state index in [-0.39, 0.29) is 12.1 Å². The van der Waals surface area contributed by atoms with E-state index in [2.05, 4.69) is 24.4 Å². The summed E-state index contributed by atoms with van der Waals surface area (Å²) in [5, 5.41) is 16.0. The van der Waals surface area contributed by atoms with Crippen LogP contribution in [0.1, 0.15) is 48.8 Å². The van der Waals surface area contributed by atoms with Crippen LogP contribution in [0.25, 0.3) is 0 Å². The first-order valence-electron chi connectivity index (χ1n) is 7.93. The molecule has 118 valence electrons. The first-order valence-corrected chi connectivity index (χ1v) is 8.81. The van der Waals surface area contributed by atoms with Gasteiger partial charge >= 0.3 is 0 Å². The van der Waals surface area contributed by atoms with E-state index >= 15 is 0 Å². The number of fused-ring (bicyclic) bond motifs is 1. The topological polar surface area (TPSA) is 41.5 Å². The summed E-state index contributed by atoms with van der Waals surface area (Å²) in [4.78, 5) is 1.04. The number of para-hydroxylation sites is 1. The second-order valence-electron chi connectivity index (χ2n) is 5.92. The second-order valence-corrected chi connectivity index (χ2v) is 6.90. The van der Waals surface area contributed by atoms with Gasteiger partial charge in [-0.25, -0.2) is 0 Å². The summed E-state index contributed by atoms with van der Waals surface area (Å²) in [5.74, 6) is 0.989. The van der Waals surface area contributed by atoms with Gasteiger partial charge in [-0.3, -0.25) is 0 Å². The molecule has 3 unspecified atom stereocenters. The zero-order valence-corrected chi connectivity index (χ0v) is 13.7. The van der Waals surface area contributed by atoms with Gasteiger partial charge in [-0.05, 0) is 43.7 Å². The van der Waals surface area contributed by atoms with Crippen LogP contribution >= 0.6 is 11.3 Å². The molecule has 1 aliphatic heterocycles. The molecule has 0 fully saturated rings. The maximum atomic E-state index is 10.3. The van der Waals surface area contributed by atoms with Crippen LogP contribution in [0.15, 0.2) is 41.8 Å². The largest absolute Gasteiger partial charge is 0.493 e. The summed E-state index contributed by atoms with van der Waals surface area (Å²) in [6.07, 6.45) is 2.45. The molecule has 0 spiro atoms. The molecule has 3 rings (SSSR count). The normalized spacial score (nSPS) is 20.5. The zero-order valence-electron chi connectivity index (χ0n) is 12.9. The predicted molar refractivity (Wildman–Crippen MR) is 90.4 cm³/mol. The van der Waals surface area contributed by atoms with Crippen LogP contribution in [0.3, 0.4) is 0 Å². The molecule has 3 nitrogen and oxygen atoms in total. The van der Waals surface area contributed by atoms with E-state index in [1.807, 2.05) is 29.6 Å². The molecular formula is C18H23NO2S. The van der Waals surface area contributed by atoms with Gasteiger partial charge in [0, 0.05) is 22.5 Å². The fraction of sp³-hybridized carbons (Fsp3) is 0.444. The first-order chi connectivity index (χ1) is 10.7. The van der Waals surface area contributed by atoms with Crippen molar-refractivity contribution in [2.24, 2.45) is 0 Å². The Balaban J connectivity index is 1.65. The Morgan fingerprint density at radius 2 is 2.18 bits per heavy atom. The van der Waals surface area contributed by atoms with E-state index in [1.165, 1.54) is 5.56 Å². The minimum Gasteiger partial charge on any atom is -0.493 e. The summed E-state index contributed by atoms with van der Waals surface area (Å²) in [6, 6.07) is 12.8. The van der Waals surface area contributed by atoms with Gasteiger partial charge in [0.1, 0.15) is 5.75 Å². The summed E-state index contributed by atoms with van der Waals surface area (Å²) < 4.78 is 5.81. The highest BCUT2D eigenvalue weighted by Gasteiger charge is 2.22. The Labute approximate surface area is 136 Å². The van der Waals surface area contributed by atoms with Gasteiger partial charge in [-0.1, -0.05) is 24.3 Å². The summed E-state index contributed by atoms with van der Waals surface area (Å²) in [6.45, 7) is 2.92. The van der Waals surface area contributed by atoms with Crippen LogP contribution in [0.2, 0.25) is 0 Å². The van der Waals surface area contributed by atoms with Crippen LogP contribution in [-0.4, -0.2) is 17.8 Å². The zero-order chi connectivity index (χ0) is 15.4. The number of rotatable bonds is 5. The number of aliphatic hydroxyl groups excluding tert-OH is 1. The van der Waals surface area contributed by atoms with Crippen molar-refractivity contribution in [1.82, 2.24) is 5.32 Å². The molecule has 4 heteroatoms. The molecule has 2 N–H and O–H groups in total.